The van der Waals surface area contributed by atoms with Crippen molar-refractivity contribution in [1.29, 1.82) is 0 Å². The fourth-order valence-corrected chi connectivity index (χ4v) is 3.35. The van der Waals surface area contributed by atoms with Crippen molar-refractivity contribution in [2.75, 3.05) is 5.32 Å². The molecule has 2 aromatic heterocycles. The Morgan fingerprint density at radius 3 is 2.63 bits per heavy atom. The summed E-state index contributed by atoms with van der Waals surface area (Å²) >= 11 is 9.49. The molecule has 6 nitrogen and oxygen atoms in total. The van der Waals surface area contributed by atoms with Gasteiger partial charge in [-0.2, -0.15) is 10.2 Å². The van der Waals surface area contributed by atoms with Crippen molar-refractivity contribution in [3.05, 3.63) is 62.6 Å². The summed E-state index contributed by atoms with van der Waals surface area (Å²) in [4.78, 5) is 12.7. The molecule has 0 aliphatic carbocycles. The van der Waals surface area contributed by atoms with Gasteiger partial charge in [0.05, 0.1) is 33.8 Å². The van der Waals surface area contributed by atoms with Crippen LogP contribution in [0.3, 0.4) is 0 Å². The van der Waals surface area contributed by atoms with Crippen LogP contribution >= 0.6 is 27.5 Å². The van der Waals surface area contributed by atoms with Gasteiger partial charge in [-0.05, 0) is 61.3 Å². The lowest BCUT2D eigenvalue weighted by atomic mass is 10.2. The number of aromatic nitrogens is 4. The monoisotopic (exact) mass is 449 g/mol. The van der Waals surface area contributed by atoms with E-state index in [0.717, 1.165) is 32.8 Å². The summed E-state index contributed by atoms with van der Waals surface area (Å²) in [6, 6.07) is 7.23. The van der Waals surface area contributed by atoms with E-state index in [2.05, 4.69) is 31.4 Å². The summed E-state index contributed by atoms with van der Waals surface area (Å²) < 4.78 is 4.40. The molecule has 1 aromatic carbocycles. The van der Waals surface area contributed by atoms with Crippen LogP contribution in [0.25, 0.3) is 0 Å². The summed E-state index contributed by atoms with van der Waals surface area (Å²) in [6.07, 6.45) is 1.81. The zero-order valence-electron chi connectivity index (χ0n) is 15.6. The van der Waals surface area contributed by atoms with Crippen LogP contribution in [0.4, 0.5) is 5.69 Å². The Bertz CT molecular complexity index is 975. The Morgan fingerprint density at radius 1 is 1.26 bits per heavy atom. The number of carbonyl (C=O) groups excluding carboxylic acids is 1. The highest BCUT2D eigenvalue weighted by Gasteiger charge is 2.21. The molecule has 0 saturated heterocycles. The van der Waals surface area contributed by atoms with Gasteiger partial charge in [0, 0.05) is 11.2 Å². The predicted molar refractivity (Wildman–Crippen MR) is 110 cm³/mol. The van der Waals surface area contributed by atoms with Crippen molar-refractivity contribution in [1.82, 2.24) is 19.6 Å². The van der Waals surface area contributed by atoms with Crippen LogP contribution in [-0.2, 0) is 11.3 Å². The summed E-state index contributed by atoms with van der Waals surface area (Å²) in [7, 11) is 0. The molecule has 1 atom stereocenters. The summed E-state index contributed by atoms with van der Waals surface area (Å²) in [5.74, 6) is -0.140. The van der Waals surface area contributed by atoms with Gasteiger partial charge in [0.1, 0.15) is 6.04 Å². The Labute approximate surface area is 171 Å². The molecule has 1 unspecified atom stereocenters. The van der Waals surface area contributed by atoms with E-state index in [-0.39, 0.29) is 5.91 Å². The van der Waals surface area contributed by atoms with Gasteiger partial charge in [0.2, 0.25) is 5.91 Å². The number of rotatable bonds is 5. The molecule has 0 fully saturated rings. The first-order chi connectivity index (χ1) is 12.8. The molecule has 0 radical (unpaired) electrons. The molecule has 2 heterocycles. The number of hydrogen-bond acceptors (Lipinski definition) is 3. The maximum atomic E-state index is 12.7. The minimum absolute atomic E-state index is 0.140. The molecule has 0 spiro atoms. The first-order valence-electron chi connectivity index (χ1n) is 8.57. The molecule has 142 valence electrons. The lowest BCUT2D eigenvalue weighted by molar-refractivity contribution is -0.119. The van der Waals surface area contributed by atoms with Gasteiger partial charge < -0.3 is 5.32 Å². The number of nitrogens with one attached hydrogen (secondary N) is 1. The van der Waals surface area contributed by atoms with E-state index in [9.17, 15) is 4.79 Å². The third-order valence-corrected chi connectivity index (χ3v) is 5.50. The van der Waals surface area contributed by atoms with Crippen LogP contribution in [-0.4, -0.2) is 25.5 Å². The van der Waals surface area contributed by atoms with Crippen molar-refractivity contribution >= 4 is 39.1 Å². The van der Waals surface area contributed by atoms with Crippen LogP contribution in [0.15, 0.2) is 34.9 Å². The molecule has 3 aromatic rings. The second-order valence-electron chi connectivity index (χ2n) is 6.54. The third-order valence-electron chi connectivity index (χ3n) is 4.48. The van der Waals surface area contributed by atoms with Crippen molar-refractivity contribution in [3.8, 4) is 0 Å². The second-order valence-corrected chi connectivity index (χ2v) is 7.83. The minimum atomic E-state index is -0.440. The Balaban J connectivity index is 1.79. The lowest BCUT2D eigenvalue weighted by Gasteiger charge is -2.13. The van der Waals surface area contributed by atoms with Gasteiger partial charge in [0.25, 0.3) is 0 Å². The predicted octanol–water partition coefficient (Wildman–Crippen LogP) is 4.67. The zero-order chi connectivity index (χ0) is 19.7. The standard InChI is InChI=1S/C19H21BrClN5O/c1-11-17(20)10-26(23-11)14(4)19(27)22-18-12(2)24-25(13(18)3)9-15-6-5-7-16(21)8-15/h5-8,10,14H,9H2,1-4H3,(H,22,27). The fraction of sp³-hybridized carbons (Fsp3) is 0.316. The lowest BCUT2D eigenvalue weighted by Crippen LogP contribution is -2.24. The topological polar surface area (TPSA) is 64.7 Å². The third kappa shape index (κ3) is 4.25. The van der Waals surface area contributed by atoms with Gasteiger partial charge in [0.15, 0.2) is 0 Å². The average Bonchev–Trinajstić information content (AvgIpc) is 3.08. The van der Waals surface area contributed by atoms with Crippen molar-refractivity contribution < 1.29 is 4.79 Å². The van der Waals surface area contributed by atoms with E-state index in [4.69, 9.17) is 11.6 Å². The second kappa shape index (κ2) is 7.86. The largest absolute Gasteiger partial charge is 0.321 e. The van der Waals surface area contributed by atoms with Gasteiger partial charge in [-0.15, -0.1) is 0 Å². The quantitative estimate of drug-likeness (QED) is 0.614. The maximum absolute atomic E-state index is 12.7. The number of aryl methyl sites for hydroxylation is 2. The van der Waals surface area contributed by atoms with Crippen molar-refractivity contribution in [3.63, 3.8) is 0 Å². The highest BCUT2D eigenvalue weighted by Crippen LogP contribution is 2.23. The number of anilines is 1. The molecule has 0 aliphatic rings. The number of halogens is 2. The van der Waals surface area contributed by atoms with E-state index in [1.54, 1.807) is 4.68 Å². The number of benzene rings is 1. The smallest absolute Gasteiger partial charge is 0.249 e. The molecule has 0 saturated carbocycles. The molecular formula is C19H21BrClN5O. The zero-order valence-corrected chi connectivity index (χ0v) is 18.0. The van der Waals surface area contributed by atoms with Crippen LogP contribution in [0, 0.1) is 20.8 Å². The minimum Gasteiger partial charge on any atom is -0.321 e. The van der Waals surface area contributed by atoms with Crippen molar-refractivity contribution in [2.45, 2.75) is 40.3 Å². The number of hydrogen-bond donors (Lipinski definition) is 1. The SMILES string of the molecule is Cc1nn(C(C)C(=O)Nc2c(C)nn(Cc3cccc(Cl)c3)c2C)cc1Br. The summed E-state index contributed by atoms with van der Waals surface area (Å²) in [5.41, 5.74) is 4.29. The van der Waals surface area contributed by atoms with Crippen molar-refractivity contribution in [2.24, 2.45) is 0 Å². The summed E-state index contributed by atoms with van der Waals surface area (Å²) in [6.45, 7) is 8.12. The first-order valence-corrected chi connectivity index (χ1v) is 9.74. The van der Waals surface area contributed by atoms with Gasteiger partial charge in [-0.25, -0.2) is 0 Å². The van der Waals surface area contributed by atoms with E-state index < -0.39 is 6.04 Å². The molecule has 0 aliphatic heterocycles. The van der Waals surface area contributed by atoms with E-state index in [0.29, 0.717) is 11.6 Å². The van der Waals surface area contributed by atoms with Gasteiger partial charge in [-0.3, -0.25) is 14.2 Å². The van der Waals surface area contributed by atoms with Crippen LogP contribution < -0.4 is 5.32 Å². The Morgan fingerprint density at radius 2 is 2.00 bits per heavy atom. The van der Waals surface area contributed by atoms with Crippen LogP contribution in [0.1, 0.15) is 35.6 Å². The van der Waals surface area contributed by atoms with E-state index in [1.807, 2.05) is 62.8 Å². The molecule has 3 rings (SSSR count). The molecular weight excluding hydrogens is 430 g/mol. The molecule has 1 amide bonds. The average molecular weight is 451 g/mol. The summed E-state index contributed by atoms with van der Waals surface area (Å²) in [5, 5.41) is 12.6. The first kappa shape index (κ1) is 19.6. The molecule has 27 heavy (non-hydrogen) atoms. The molecule has 0 bridgehead atoms. The fourth-order valence-electron chi connectivity index (χ4n) is 2.85. The number of nitrogens with zero attached hydrogens (tertiary/aromatic N) is 4. The van der Waals surface area contributed by atoms with Crippen LogP contribution in [0.2, 0.25) is 5.02 Å². The number of carbonyl (C=O) groups is 1. The molecule has 8 heteroatoms. The Kier molecular flexibility index (Phi) is 5.72. The van der Waals surface area contributed by atoms with E-state index in [1.165, 1.54) is 0 Å². The molecule has 1 N–H and O–H groups in total. The van der Waals surface area contributed by atoms with Gasteiger partial charge >= 0.3 is 0 Å². The normalized spacial score (nSPS) is 12.2. The maximum Gasteiger partial charge on any atom is 0.249 e. The van der Waals surface area contributed by atoms with Gasteiger partial charge in [-0.1, -0.05) is 23.7 Å². The highest BCUT2D eigenvalue weighted by atomic mass is 79.9. The van der Waals surface area contributed by atoms with E-state index >= 15 is 0 Å². The Hall–Kier alpha value is -2.12. The van der Waals surface area contributed by atoms with Crippen LogP contribution in [0.5, 0.6) is 0 Å². The highest BCUT2D eigenvalue weighted by molar-refractivity contribution is 9.10. The number of amides is 1.